The molecule has 0 aromatic heterocycles. The molecule has 1 unspecified atom stereocenters. The molecular formula is C16H27N3O4. The molecule has 130 valence electrons. The van der Waals surface area contributed by atoms with Crippen LogP contribution in [0.3, 0.4) is 0 Å². The quantitative estimate of drug-likeness (QED) is 0.742. The predicted molar refractivity (Wildman–Crippen MR) is 84.8 cm³/mol. The molecule has 7 heteroatoms. The Balaban J connectivity index is 2.03. The number of nitrogens with zero attached hydrogens (tertiary/aromatic N) is 2. The lowest BCUT2D eigenvalue weighted by atomic mass is 9.94. The normalized spacial score (nSPS) is 25.6. The zero-order valence-corrected chi connectivity index (χ0v) is 14.3. The lowest BCUT2D eigenvalue weighted by Crippen LogP contribution is -2.50. The zero-order chi connectivity index (χ0) is 17.0. The molecule has 0 bridgehead atoms. The molecule has 1 aliphatic heterocycles. The number of carbonyl (C=O) groups is 3. The molecule has 1 saturated heterocycles. The van der Waals surface area contributed by atoms with Crippen molar-refractivity contribution in [1.82, 2.24) is 15.1 Å². The first-order chi connectivity index (χ1) is 10.9. The van der Waals surface area contributed by atoms with Gasteiger partial charge in [-0.2, -0.15) is 0 Å². The van der Waals surface area contributed by atoms with Crippen molar-refractivity contribution in [3.05, 3.63) is 0 Å². The third kappa shape index (κ3) is 3.65. The molecule has 0 aromatic rings. The maximum atomic E-state index is 12.6. The minimum atomic E-state index is -1.09. The van der Waals surface area contributed by atoms with E-state index < -0.39 is 17.5 Å². The number of ether oxygens (including phenoxy) is 1. The van der Waals surface area contributed by atoms with Crippen LogP contribution in [0.2, 0.25) is 0 Å². The smallest absolute Gasteiger partial charge is 0.325 e. The van der Waals surface area contributed by atoms with Gasteiger partial charge in [0.25, 0.3) is 5.91 Å². The van der Waals surface area contributed by atoms with Gasteiger partial charge in [0.1, 0.15) is 12.1 Å². The fourth-order valence-electron chi connectivity index (χ4n) is 3.53. The Morgan fingerprint density at radius 3 is 2.57 bits per heavy atom. The first-order valence-electron chi connectivity index (χ1n) is 8.35. The van der Waals surface area contributed by atoms with Crippen LogP contribution in [0.25, 0.3) is 0 Å². The maximum absolute atomic E-state index is 12.6. The van der Waals surface area contributed by atoms with E-state index in [2.05, 4.69) is 5.32 Å². The molecule has 0 spiro atoms. The Labute approximate surface area is 137 Å². The summed E-state index contributed by atoms with van der Waals surface area (Å²) < 4.78 is 5.01. The van der Waals surface area contributed by atoms with E-state index in [0.717, 1.165) is 30.6 Å². The maximum Gasteiger partial charge on any atom is 0.325 e. The van der Waals surface area contributed by atoms with Gasteiger partial charge in [0.05, 0.1) is 6.61 Å². The number of hydrogen-bond acceptors (Lipinski definition) is 4. The van der Waals surface area contributed by atoms with Crippen molar-refractivity contribution in [3.63, 3.8) is 0 Å². The van der Waals surface area contributed by atoms with Gasteiger partial charge < -0.3 is 15.0 Å². The second-order valence-corrected chi connectivity index (χ2v) is 6.56. The minimum Gasteiger partial charge on any atom is -0.382 e. The van der Waals surface area contributed by atoms with Gasteiger partial charge in [-0.05, 0) is 26.7 Å². The second kappa shape index (κ2) is 7.29. The summed E-state index contributed by atoms with van der Waals surface area (Å²) >= 11 is 0. The number of likely N-dealkylation sites (N-methyl/N-ethyl adjacent to an activating group) is 1. The molecule has 7 nitrogen and oxygen atoms in total. The van der Waals surface area contributed by atoms with E-state index in [0.29, 0.717) is 6.54 Å². The molecule has 2 rings (SSSR count). The van der Waals surface area contributed by atoms with E-state index in [-0.39, 0.29) is 25.1 Å². The van der Waals surface area contributed by atoms with Gasteiger partial charge >= 0.3 is 6.03 Å². The predicted octanol–water partition coefficient (Wildman–Crippen LogP) is 1.12. The number of amides is 4. The van der Waals surface area contributed by atoms with E-state index in [1.54, 1.807) is 6.92 Å². The highest BCUT2D eigenvalue weighted by Gasteiger charge is 2.48. The Hall–Kier alpha value is -1.63. The van der Waals surface area contributed by atoms with Crippen molar-refractivity contribution < 1.29 is 19.1 Å². The molecule has 1 aliphatic carbocycles. The first kappa shape index (κ1) is 17.7. The van der Waals surface area contributed by atoms with Crippen molar-refractivity contribution in [1.29, 1.82) is 0 Å². The summed E-state index contributed by atoms with van der Waals surface area (Å²) in [5.74, 6) is -0.568. The summed E-state index contributed by atoms with van der Waals surface area (Å²) in [6, 6.07) is -0.296. The summed E-state index contributed by atoms with van der Waals surface area (Å²) in [4.78, 5) is 39.9. The third-order valence-corrected chi connectivity index (χ3v) is 4.75. The lowest BCUT2D eigenvalue weighted by molar-refractivity contribution is -0.141. The van der Waals surface area contributed by atoms with Gasteiger partial charge in [0.2, 0.25) is 5.91 Å². The van der Waals surface area contributed by atoms with Crippen LogP contribution < -0.4 is 5.32 Å². The van der Waals surface area contributed by atoms with Gasteiger partial charge in [-0.15, -0.1) is 0 Å². The minimum absolute atomic E-state index is 0.0857. The van der Waals surface area contributed by atoms with Crippen molar-refractivity contribution in [2.24, 2.45) is 0 Å². The first-order valence-corrected chi connectivity index (χ1v) is 8.35. The highest BCUT2D eigenvalue weighted by atomic mass is 16.5. The van der Waals surface area contributed by atoms with Gasteiger partial charge in [-0.1, -0.05) is 19.3 Å². The summed E-state index contributed by atoms with van der Waals surface area (Å²) in [6.45, 7) is 4.03. The molecule has 1 heterocycles. The number of rotatable bonds is 6. The monoisotopic (exact) mass is 325 g/mol. The molecule has 23 heavy (non-hydrogen) atoms. The van der Waals surface area contributed by atoms with E-state index in [4.69, 9.17) is 4.74 Å². The van der Waals surface area contributed by atoms with Crippen LogP contribution in [0, 0.1) is 0 Å². The Bertz CT molecular complexity index is 476. The van der Waals surface area contributed by atoms with Gasteiger partial charge in [-0.3, -0.25) is 14.5 Å². The number of carbonyl (C=O) groups excluding carboxylic acids is 3. The fraction of sp³-hybridized carbons (Fsp3) is 0.812. The third-order valence-electron chi connectivity index (χ3n) is 4.75. The molecule has 2 aliphatic rings. The molecule has 4 amide bonds. The van der Waals surface area contributed by atoms with Crippen LogP contribution in [0.1, 0.15) is 46.0 Å². The van der Waals surface area contributed by atoms with E-state index in [1.165, 1.54) is 13.5 Å². The number of imide groups is 1. The van der Waals surface area contributed by atoms with E-state index in [9.17, 15) is 14.4 Å². The topological polar surface area (TPSA) is 79.0 Å². The SMILES string of the molecule is CCN(C(=O)CN1C(=O)NC(C)(COC)C1=O)C1CCCCC1. The van der Waals surface area contributed by atoms with Crippen LogP contribution in [0.5, 0.6) is 0 Å². The van der Waals surface area contributed by atoms with Gasteiger partial charge in [-0.25, -0.2) is 4.79 Å². The standard InChI is InChI=1S/C16H27N3O4/c1-4-18(12-8-6-5-7-9-12)13(20)10-19-14(21)16(2,11-23-3)17-15(19)22/h12H,4-11H2,1-3H3,(H,17,22). The number of methoxy groups -OCH3 is 1. The lowest BCUT2D eigenvalue weighted by Gasteiger charge is -2.34. The average Bonchev–Trinajstić information content (AvgIpc) is 2.73. The van der Waals surface area contributed by atoms with Crippen LogP contribution in [-0.4, -0.2) is 66.0 Å². The largest absolute Gasteiger partial charge is 0.382 e. The number of nitrogens with one attached hydrogen (secondary N) is 1. The van der Waals surface area contributed by atoms with Crippen LogP contribution in [-0.2, 0) is 14.3 Å². The summed E-state index contributed by atoms with van der Waals surface area (Å²) in [5.41, 5.74) is -1.09. The fourth-order valence-corrected chi connectivity index (χ4v) is 3.53. The van der Waals surface area contributed by atoms with E-state index in [1.807, 2.05) is 11.8 Å². The van der Waals surface area contributed by atoms with Crippen molar-refractivity contribution in [3.8, 4) is 0 Å². The Morgan fingerprint density at radius 1 is 1.35 bits per heavy atom. The summed E-state index contributed by atoms with van der Waals surface area (Å²) in [5, 5.41) is 2.61. The average molecular weight is 325 g/mol. The Kier molecular flexibility index (Phi) is 5.62. The molecule has 1 atom stereocenters. The summed E-state index contributed by atoms with van der Waals surface area (Å²) in [7, 11) is 1.47. The Morgan fingerprint density at radius 2 is 2.00 bits per heavy atom. The van der Waals surface area contributed by atoms with Gasteiger partial charge in [0.15, 0.2) is 0 Å². The molecule has 0 radical (unpaired) electrons. The second-order valence-electron chi connectivity index (χ2n) is 6.56. The van der Waals surface area contributed by atoms with Crippen LogP contribution >= 0.6 is 0 Å². The number of hydrogen-bond donors (Lipinski definition) is 1. The molecule has 1 saturated carbocycles. The van der Waals surface area contributed by atoms with Crippen molar-refractivity contribution >= 4 is 17.8 Å². The number of urea groups is 1. The van der Waals surface area contributed by atoms with Gasteiger partial charge in [0, 0.05) is 19.7 Å². The molecule has 0 aromatic carbocycles. The molecular weight excluding hydrogens is 298 g/mol. The molecule has 1 N–H and O–H groups in total. The molecule has 2 fully saturated rings. The zero-order valence-electron chi connectivity index (χ0n) is 14.3. The van der Waals surface area contributed by atoms with Crippen molar-refractivity contribution in [2.75, 3.05) is 26.8 Å². The van der Waals surface area contributed by atoms with Crippen LogP contribution in [0.15, 0.2) is 0 Å². The van der Waals surface area contributed by atoms with E-state index >= 15 is 0 Å². The highest BCUT2D eigenvalue weighted by Crippen LogP contribution is 2.23. The van der Waals surface area contributed by atoms with Crippen molar-refractivity contribution in [2.45, 2.75) is 57.5 Å². The highest BCUT2D eigenvalue weighted by molar-refractivity contribution is 6.08. The summed E-state index contributed by atoms with van der Waals surface area (Å²) in [6.07, 6.45) is 5.47. The van der Waals surface area contributed by atoms with Crippen LogP contribution in [0.4, 0.5) is 4.79 Å².